The Labute approximate surface area is 173 Å². The molecular formula is C19H33N3O6S. The second kappa shape index (κ2) is 10.4. The predicted molar refractivity (Wildman–Crippen MR) is 112 cm³/mol. The molecule has 1 aromatic carbocycles. The van der Waals surface area contributed by atoms with E-state index in [0.29, 0.717) is 25.9 Å². The zero-order valence-corrected chi connectivity index (χ0v) is 18.9. The molecule has 1 aromatic rings. The van der Waals surface area contributed by atoms with E-state index in [4.69, 9.17) is 9.57 Å². The molecule has 0 aliphatic rings. The maximum Gasteiger partial charge on any atom is 0.407 e. The number of nitrogens with zero attached hydrogens (tertiary/aromatic N) is 2. The summed E-state index contributed by atoms with van der Waals surface area (Å²) in [5.74, 6) is 0. The number of hydrogen-bond donors (Lipinski definition) is 1. The molecular weight excluding hydrogens is 398 g/mol. The number of rotatable bonds is 10. The van der Waals surface area contributed by atoms with Gasteiger partial charge in [0.05, 0.1) is 7.11 Å². The van der Waals surface area contributed by atoms with Gasteiger partial charge in [-0.25, -0.2) is 22.4 Å². The highest BCUT2D eigenvalue weighted by atomic mass is 32.2. The number of nitrogens with one attached hydrogen (secondary N) is 1. The molecule has 0 aliphatic heterocycles. The first-order valence-corrected chi connectivity index (χ1v) is 10.9. The van der Waals surface area contributed by atoms with Gasteiger partial charge in [0.25, 0.3) is 0 Å². The molecule has 0 radical (unpaired) electrons. The Bertz CT molecular complexity index is 774. The minimum Gasteiger partial charge on any atom is -0.593 e. The van der Waals surface area contributed by atoms with Gasteiger partial charge in [-0.1, -0.05) is 18.6 Å². The number of sulfonamides is 1. The molecule has 29 heavy (non-hydrogen) atoms. The fourth-order valence-corrected chi connectivity index (χ4v) is 3.99. The average Bonchev–Trinajstić information content (AvgIpc) is 2.62. The van der Waals surface area contributed by atoms with E-state index in [1.165, 1.54) is 37.6 Å². The number of unbranched alkanes of at least 4 members (excludes halogenated alkanes) is 2. The largest absolute Gasteiger partial charge is 0.593 e. The summed E-state index contributed by atoms with van der Waals surface area (Å²) in [6.45, 7) is 6.12. The summed E-state index contributed by atoms with van der Waals surface area (Å²) in [7, 11) is 0.0936. The fourth-order valence-electron chi connectivity index (χ4n) is 2.54. The molecule has 166 valence electrons. The molecule has 0 fully saturated rings. The topological polar surface area (TPSA) is 108 Å². The number of amides is 1. The van der Waals surface area contributed by atoms with Gasteiger partial charge in [-0.15, -0.1) is 0 Å². The Morgan fingerprint density at radius 3 is 2.41 bits per heavy atom. The van der Waals surface area contributed by atoms with E-state index in [0.717, 1.165) is 6.42 Å². The molecule has 10 heteroatoms. The Morgan fingerprint density at radius 2 is 1.83 bits per heavy atom. The summed E-state index contributed by atoms with van der Waals surface area (Å²) >= 11 is 0. The molecule has 1 amide bonds. The van der Waals surface area contributed by atoms with E-state index in [2.05, 4.69) is 5.32 Å². The van der Waals surface area contributed by atoms with Crippen molar-refractivity contribution in [3.63, 3.8) is 0 Å². The molecule has 0 bridgehead atoms. The number of carbonyl (C=O) groups excluding carboxylic acids is 1. The van der Waals surface area contributed by atoms with Crippen molar-refractivity contribution in [2.45, 2.75) is 50.5 Å². The van der Waals surface area contributed by atoms with Crippen LogP contribution in [0, 0.1) is 5.21 Å². The van der Waals surface area contributed by atoms with E-state index in [1.54, 1.807) is 32.9 Å². The molecule has 0 aliphatic carbocycles. The maximum absolute atomic E-state index is 12.9. The normalized spacial score (nSPS) is 14.5. The number of para-hydroxylation sites is 1. The van der Waals surface area contributed by atoms with Crippen LogP contribution in [0.5, 0.6) is 0 Å². The second-order valence-corrected chi connectivity index (χ2v) is 9.83. The van der Waals surface area contributed by atoms with Crippen molar-refractivity contribution >= 4 is 21.8 Å². The SMILES string of the molecule is CO[N+](C)([O-])c1ccccc1S(=O)(=O)N(C)CCCCCNC(=O)OC(C)(C)C. The van der Waals surface area contributed by atoms with Crippen molar-refractivity contribution < 1.29 is 22.8 Å². The molecule has 9 nitrogen and oxygen atoms in total. The number of alkyl carbamates (subject to hydrolysis) is 1. The Hall–Kier alpha value is -1.72. The Morgan fingerprint density at radius 1 is 1.21 bits per heavy atom. The van der Waals surface area contributed by atoms with Gasteiger partial charge < -0.3 is 15.3 Å². The number of ether oxygens (including phenoxy) is 1. The zero-order chi connectivity index (χ0) is 22.3. The minimum atomic E-state index is -3.84. The lowest BCUT2D eigenvalue weighted by molar-refractivity contribution is -0.0576. The highest BCUT2D eigenvalue weighted by Gasteiger charge is 2.30. The molecule has 1 atom stereocenters. The molecule has 0 spiro atoms. The zero-order valence-electron chi connectivity index (χ0n) is 18.1. The second-order valence-electron chi connectivity index (χ2n) is 7.81. The summed E-state index contributed by atoms with van der Waals surface area (Å²) in [5, 5.41) is 15.1. The van der Waals surface area contributed by atoms with Gasteiger partial charge in [-0.2, -0.15) is 4.81 Å². The number of hydroxylamine groups is 2. The summed E-state index contributed by atoms with van der Waals surface area (Å²) in [6.07, 6.45) is 1.57. The number of benzene rings is 1. The van der Waals surface area contributed by atoms with Gasteiger partial charge in [0, 0.05) is 26.2 Å². The third-order valence-corrected chi connectivity index (χ3v) is 6.06. The van der Waals surface area contributed by atoms with E-state index in [1.807, 2.05) is 0 Å². The first kappa shape index (κ1) is 25.3. The quantitative estimate of drug-likeness (QED) is 0.347. The van der Waals surface area contributed by atoms with Gasteiger partial charge in [-0.3, -0.25) is 0 Å². The number of quaternary nitrogens is 1. The van der Waals surface area contributed by atoms with Crippen molar-refractivity contribution in [3.8, 4) is 0 Å². The summed E-state index contributed by atoms with van der Waals surface area (Å²) in [4.78, 5) is 15.1. The molecule has 0 heterocycles. The maximum atomic E-state index is 12.9. The Kier molecular flexibility index (Phi) is 9.04. The van der Waals surface area contributed by atoms with Crippen LogP contribution < -0.4 is 10.1 Å². The van der Waals surface area contributed by atoms with Crippen molar-refractivity contribution in [3.05, 3.63) is 29.5 Å². The van der Waals surface area contributed by atoms with E-state index in [9.17, 15) is 18.4 Å². The number of hydrogen-bond acceptors (Lipinski definition) is 6. The van der Waals surface area contributed by atoms with Crippen LogP contribution in [0.25, 0.3) is 0 Å². The highest BCUT2D eigenvalue weighted by molar-refractivity contribution is 7.89. The van der Waals surface area contributed by atoms with Crippen LogP contribution in [0.3, 0.4) is 0 Å². The van der Waals surface area contributed by atoms with Crippen LogP contribution in [0.4, 0.5) is 10.5 Å². The lowest BCUT2D eigenvalue weighted by Gasteiger charge is -2.34. The molecule has 1 rings (SSSR count). The lowest BCUT2D eigenvalue weighted by atomic mass is 10.2. The van der Waals surface area contributed by atoms with Crippen LogP contribution in [0.15, 0.2) is 29.2 Å². The van der Waals surface area contributed by atoms with Crippen molar-refractivity contribution in [2.75, 3.05) is 34.3 Å². The average molecular weight is 432 g/mol. The van der Waals surface area contributed by atoms with Gasteiger partial charge in [0.2, 0.25) is 10.0 Å². The predicted octanol–water partition coefficient (Wildman–Crippen LogP) is 3.00. The minimum absolute atomic E-state index is 0.0170. The van der Waals surface area contributed by atoms with E-state index < -0.39 is 26.5 Å². The van der Waals surface area contributed by atoms with Crippen molar-refractivity contribution in [2.24, 2.45) is 0 Å². The van der Waals surface area contributed by atoms with Gasteiger partial charge >= 0.3 is 6.09 Å². The van der Waals surface area contributed by atoms with Crippen molar-refractivity contribution in [1.29, 1.82) is 0 Å². The van der Waals surface area contributed by atoms with Crippen LogP contribution in [0.1, 0.15) is 40.0 Å². The molecule has 1 unspecified atom stereocenters. The monoisotopic (exact) mass is 431 g/mol. The van der Waals surface area contributed by atoms with Crippen LogP contribution in [-0.4, -0.2) is 58.7 Å². The Balaban J connectivity index is 2.57. The van der Waals surface area contributed by atoms with Gasteiger partial charge in [0.1, 0.15) is 17.5 Å². The first-order chi connectivity index (χ1) is 13.3. The highest BCUT2D eigenvalue weighted by Crippen LogP contribution is 2.30. The van der Waals surface area contributed by atoms with E-state index in [-0.39, 0.29) is 10.6 Å². The smallest absolute Gasteiger partial charge is 0.407 e. The molecule has 1 N–H and O–H groups in total. The fraction of sp³-hybridized carbons (Fsp3) is 0.632. The summed E-state index contributed by atoms with van der Waals surface area (Å²) < 4.78 is 32.2. The van der Waals surface area contributed by atoms with Crippen LogP contribution in [0.2, 0.25) is 0 Å². The van der Waals surface area contributed by atoms with Crippen LogP contribution in [-0.2, 0) is 19.6 Å². The summed E-state index contributed by atoms with van der Waals surface area (Å²) in [5.41, 5.74) is -0.525. The van der Waals surface area contributed by atoms with E-state index >= 15 is 0 Å². The first-order valence-electron chi connectivity index (χ1n) is 9.47. The molecule has 0 saturated carbocycles. The summed E-state index contributed by atoms with van der Waals surface area (Å²) in [6, 6.07) is 6.01. The molecule has 0 saturated heterocycles. The van der Waals surface area contributed by atoms with Crippen molar-refractivity contribution in [1.82, 2.24) is 14.4 Å². The van der Waals surface area contributed by atoms with Crippen LogP contribution >= 0.6 is 0 Å². The van der Waals surface area contributed by atoms with Gasteiger partial charge in [-0.05, 0) is 39.7 Å². The molecule has 0 aromatic heterocycles. The number of carbonyl (C=O) groups is 1. The third kappa shape index (κ3) is 7.90. The lowest BCUT2D eigenvalue weighted by Crippen LogP contribution is -2.39. The third-order valence-electron chi connectivity index (χ3n) is 4.16. The van der Waals surface area contributed by atoms with Gasteiger partial charge in [0.15, 0.2) is 5.69 Å². The standard InChI is InChI=1S/C19H33N3O6S/c1-19(2,3)28-18(23)20-14-10-7-11-15-21(4)29(25,26)17-13-9-8-12-16(17)22(5,24)27-6/h8-9,12-13H,7,10-11,14-15H2,1-6H3,(H,20,23).